The van der Waals surface area contributed by atoms with Crippen LogP contribution >= 0.6 is 0 Å². The fourth-order valence-electron chi connectivity index (χ4n) is 0.887. The van der Waals surface area contributed by atoms with Crippen LogP contribution in [0.15, 0.2) is 4.99 Å². The van der Waals surface area contributed by atoms with Crippen molar-refractivity contribution in [3.8, 4) is 0 Å². The zero-order valence-electron chi connectivity index (χ0n) is 8.84. The molecule has 2 atom stereocenters. The van der Waals surface area contributed by atoms with Gasteiger partial charge in [0.15, 0.2) is 0 Å². The number of aliphatic carboxylic acids is 1. The number of carbonyl (C=O) groups is 1. The van der Waals surface area contributed by atoms with Crippen LogP contribution in [0.2, 0.25) is 11.1 Å². The topological polar surface area (TPSA) is 69.9 Å². The first-order chi connectivity index (χ1) is 7.02. The van der Waals surface area contributed by atoms with E-state index in [9.17, 15) is 9.90 Å². The summed E-state index contributed by atoms with van der Waals surface area (Å²) in [5, 5.41) is 19.2. The molecule has 87 valence electrons. The second-order valence-corrected chi connectivity index (χ2v) is 5.97. The van der Waals surface area contributed by atoms with E-state index in [0.29, 0.717) is 32.4 Å². The molecule has 0 aliphatic carbocycles. The molecule has 15 heavy (non-hydrogen) atoms. The van der Waals surface area contributed by atoms with Gasteiger partial charge in [-0.2, -0.15) is 0 Å². The molecule has 2 N–H and O–H groups in total. The molecule has 0 heterocycles. The van der Waals surface area contributed by atoms with E-state index in [-0.39, 0.29) is 0 Å². The fraction of sp³-hybridized carbons (Fsp3) is 0.778. The van der Waals surface area contributed by atoms with Crippen molar-refractivity contribution in [3.05, 3.63) is 0 Å². The van der Waals surface area contributed by atoms with Crippen molar-refractivity contribution in [2.45, 2.75) is 43.1 Å². The summed E-state index contributed by atoms with van der Waals surface area (Å²) in [7, 11) is 0. The molecule has 0 spiro atoms. The zero-order valence-corrected chi connectivity index (χ0v) is 12.3. The van der Waals surface area contributed by atoms with Gasteiger partial charge in [-0.1, -0.05) is 0 Å². The van der Waals surface area contributed by atoms with E-state index >= 15 is 0 Å². The van der Waals surface area contributed by atoms with Crippen molar-refractivity contribution in [3.63, 3.8) is 0 Å². The van der Waals surface area contributed by atoms with Gasteiger partial charge in [-0.3, -0.25) is 0 Å². The predicted molar refractivity (Wildman–Crippen MR) is 62.0 cm³/mol. The quantitative estimate of drug-likeness (QED) is 0.517. The molecule has 0 amide bonds. The third kappa shape index (κ3) is 6.33. The molecule has 0 saturated heterocycles. The monoisotopic (exact) mass is 346 g/mol. The van der Waals surface area contributed by atoms with Crippen molar-refractivity contribution in [2.75, 3.05) is 0 Å². The van der Waals surface area contributed by atoms with Gasteiger partial charge in [0, 0.05) is 0 Å². The summed E-state index contributed by atoms with van der Waals surface area (Å²) in [6, 6.07) is -0.718. The van der Waals surface area contributed by atoms with Crippen molar-refractivity contribution >= 4 is 41.5 Å². The third-order valence-corrected chi connectivity index (χ3v) is 3.98. The van der Waals surface area contributed by atoms with Crippen LogP contribution in [0.3, 0.4) is 0 Å². The molecule has 1 radical (unpaired) electrons. The minimum atomic E-state index is -0.921. The van der Waals surface area contributed by atoms with Crippen LogP contribution in [0.25, 0.3) is 0 Å². The van der Waals surface area contributed by atoms with Gasteiger partial charge in [0.05, 0.1) is 0 Å². The van der Waals surface area contributed by atoms with Crippen molar-refractivity contribution < 1.29 is 15.0 Å². The Bertz CT molecular complexity index is 233. The van der Waals surface area contributed by atoms with E-state index in [0.717, 1.165) is 5.32 Å². The van der Waals surface area contributed by atoms with Crippen molar-refractivity contribution in [2.24, 2.45) is 4.99 Å². The molecule has 0 fully saturated rings. The number of carboxylic acid groups (broad SMARTS) is 1. The Kier molecular flexibility index (Phi) is 8.39. The Labute approximate surface area is 105 Å². The number of hydrogen-bond donors (Lipinski definition) is 2. The van der Waals surface area contributed by atoms with E-state index in [2.05, 4.69) is 26.8 Å². The first-order valence-corrected chi connectivity index (χ1v) is 8.45. The van der Waals surface area contributed by atoms with Gasteiger partial charge in [0.2, 0.25) is 0 Å². The van der Waals surface area contributed by atoms with Crippen LogP contribution in [-0.4, -0.2) is 63.9 Å². The number of hydrogen-bond acceptors (Lipinski definition) is 3. The maximum atomic E-state index is 10.9. The molecule has 0 aromatic rings. The van der Waals surface area contributed by atoms with Gasteiger partial charge in [-0.05, 0) is 0 Å². The summed E-state index contributed by atoms with van der Waals surface area (Å²) in [6.07, 6.45) is 0.419. The molecule has 4 nitrogen and oxygen atoms in total. The average Bonchev–Trinajstić information content (AvgIpc) is 2.22. The van der Waals surface area contributed by atoms with Gasteiger partial charge < -0.3 is 0 Å². The first kappa shape index (κ1) is 15.1. The molecule has 0 aliphatic rings. The summed E-state index contributed by atoms with van der Waals surface area (Å²) < 4.78 is 0.397. The Morgan fingerprint density at radius 3 is 2.60 bits per heavy atom. The number of aliphatic hydroxyl groups is 1. The Balaban J connectivity index is 4.43. The zero-order chi connectivity index (χ0) is 11.8. The van der Waals surface area contributed by atoms with Crippen LogP contribution in [0, 0.1) is 0 Å². The Morgan fingerprint density at radius 1 is 1.60 bits per heavy atom. The molecule has 0 rings (SSSR count). The maximum absolute atomic E-state index is 10.9. The standard InChI is InChI=1S/C9H16NO3Se2/c1-3-7(11)8(14)10-6(9(12)13)4-5-15-2/h6-7,11H,3-5H2,1-2H3,(H,12,13)/t6-,7-/m0/s1. The van der Waals surface area contributed by atoms with E-state index in [1.54, 1.807) is 0 Å². The molecule has 0 saturated carbocycles. The van der Waals surface area contributed by atoms with Gasteiger partial charge in [-0.25, -0.2) is 0 Å². The summed E-state index contributed by atoms with van der Waals surface area (Å²) in [5.74, 6) is 1.14. The normalized spacial score (nSPS) is 16.1. The number of nitrogens with zero attached hydrogens (tertiary/aromatic N) is 1. The minimum absolute atomic E-state index is 0.397. The third-order valence-electron chi connectivity index (χ3n) is 1.84. The first-order valence-electron chi connectivity index (χ1n) is 4.67. The second-order valence-electron chi connectivity index (χ2n) is 3.03. The molecular formula is C9H16NO3Se2. The van der Waals surface area contributed by atoms with Crippen LogP contribution in [0.5, 0.6) is 0 Å². The SMILES string of the molecule is CC[C@H](O)C([Se])=N[C@@H](CC[Se]C)C(=O)O. The van der Waals surface area contributed by atoms with Crippen LogP contribution in [0.4, 0.5) is 0 Å². The van der Waals surface area contributed by atoms with E-state index in [1.807, 2.05) is 6.92 Å². The summed E-state index contributed by atoms with van der Waals surface area (Å²) in [6.45, 7) is 1.82. The van der Waals surface area contributed by atoms with Crippen LogP contribution in [-0.2, 0) is 4.79 Å². The fourth-order valence-corrected chi connectivity index (χ4v) is 2.47. The summed E-state index contributed by atoms with van der Waals surface area (Å²) >= 11 is 3.09. The molecule has 0 aromatic carbocycles. The van der Waals surface area contributed by atoms with Crippen molar-refractivity contribution in [1.82, 2.24) is 0 Å². The number of rotatable bonds is 7. The summed E-state index contributed by atoms with van der Waals surface area (Å²) in [5.41, 5.74) is 0. The molecule has 6 heteroatoms. The van der Waals surface area contributed by atoms with Gasteiger partial charge in [-0.15, -0.1) is 0 Å². The molecule has 0 aromatic heterocycles. The molecule has 0 unspecified atom stereocenters. The number of aliphatic imine (C=N–C) groups is 1. The van der Waals surface area contributed by atoms with E-state index in [1.165, 1.54) is 0 Å². The van der Waals surface area contributed by atoms with E-state index < -0.39 is 18.1 Å². The average molecular weight is 344 g/mol. The van der Waals surface area contributed by atoms with E-state index in [4.69, 9.17) is 5.11 Å². The number of carboxylic acids is 1. The molecule has 0 bridgehead atoms. The summed E-state index contributed by atoms with van der Waals surface area (Å²) in [4.78, 5) is 14.9. The Hall–Kier alpha value is 0.139. The number of aliphatic hydroxyl groups excluding tert-OH is 1. The second kappa shape index (κ2) is 8.31. The Morgan fingerprint density at radius 2 is 2.20 bits per heavy atom. The van der Waals surface area contributed by atoms with Crippen molar-refractivity contribution in [1.29, 1.82) is 0 Å². The molecule has 0 aliphatic heterocycles. The van der Waals surface area contributed by atoms with Crippen LogP contribution in [0.1, 0.15) is 19.8 Å². The van der Waals surface area contributed by atoms with Crippen LogP contribution < -0.4 is 0 Å². The van der Waals surface area contributed by atoms with Gasteiger partial charge in [0.1, 0.15) is 0 Å². The molecular weight excluding hydrogens is 328 g/mol. The van der Waals surface area contributed by atoms with Gasteiger partial charge >= 0.3 is 105 Å². The van der Waals surface area contributed by atoms with Gasteiger partial charge in [0.25, 0.3) is 0 Å². The predicted octanol–water partition coefficient (Wildman–Crippen LogP) is 0.338.